The normalized spacial score (nSPS) is 12.0. The lowest BCUT2D eigenvalue weighted by Crippen LogP contribution is -2.04. The van der Waals surface area contributed by atoms with E-state index in [0.717, 1.165) is 12.1 Å². The van der Waals surface area contributed by atoms with Crippen LogP contribution in [0.2, 0.25) is 5.02 Å². The molecule has 0 atom stereocenters. The van der Waals surface area contributed by atoms with E-state index in [2.05, 4.69) is 10.2 Å². The van der Waals surface area contributed by atoms with Crippen LogP contribution in [0, 0.1) is 0 Å². The lowest BCUT2D eigenvalue weighted by Gasteiger charge is -2.07. The van der Waals surface area contributed by atoms with E-state index in [1.54, 1.807) is 22.7 Å². The summed E-state index contributed by atoms with van der Waals surface area (Å²) in [4.78, 5) is 0. The van der Waals surface area contributed by atoms with Crippen LogP contribution in [0.15, 0.2) is 42.6 Å². The van der Waals surface area contributed by atoms with Crippen LogP contribution < -0.4 is 0 Å². The molecule has 0 radical (unpaired) electrons. The molecule has 0 aliphatic carbocycles. The molecule has 0 amide bonds. The molecule has 2 aromatic heterocycles. The second-order valence-corrected chi connectivity index (χ2v) is 4.61. The maximum Gasteiger partial charge on any atom is 0.416 e. The SMILES string of the molecule is FC(F)(F)c1ccc(-c2nnc3cc(Cl)ccn23)cc1. The van der Waals surface area contributed by atoms with Gasteiger partial charge in [0, 0.05) is 22.8 Å². The molecule has 20 heavy (non-hydrogen) atoms. The zero-order chi connectivity index (χ0) is 14.3. The fourth-order valence-corrected chi connectivity index (χ4v) is 2.03. The van der Waals surface area contributed by atoms with Crippen molar-refractivity contribution in [3.63, 3.8) is 0 Å². The minimum Gasteiger partial charge on any atom is -0.282 e. The molecule has 0 saturated heterocycles. The zero-order valence-corrected chi connectivity index (χ0v) is 10.7. The third-order valence-corrected chi connectivity index (χ3v) is 3.08. The monoisotopic (exact) mass is 297 g/mol. The Morgan fingerprint density at radius 3 is 2.35 bits per heavy atom. The molecule has 0 saturated carbocycles. The van der Waals surface area contributed by atoms with Gasteiger partial charge in [-0.2, -0.15) is 13.2 Å². The van der Waals surface area contributed by atoms with E-state index < -0.39 is 11.7 Å². The molecule has 0 N–H and O–H groups in total. The predicted molar refractivity (Wildman–Crippen MR) is 68.4 cm³/mol. The fraction of sp³-hybridized carbons (Fsp3) is 0.0769. The van der Waals surface area contributed by atoms with Crippen LogP contribution in [-0.4, -0.2) is 14.6 Å². The number of aromatic nitrogens is 3. The van der Waals surface area contributed by atoms with Crippen molar-refractivity contribution in [2.24, 2.45) is 0 Å². The lowest BCUT2D eigenvalue weighted by molar-refractivity contribution is -0.137. The maximum absolute atomic E-state index is 12.5. The molecule has 3 aromatic rings. The summed E-state index contributed by atoms with van der Waals surface area (Å²) in [5, 5.41) is 8.42. The summed E-state index contributed by atoms with van der Waals surface area (Å²) >= 11 is 5.84. The van der Waals surface area contributed by atoms with E-state index in [0.29, 0.717) is 22.1 Å². The Kier molecular flexibility index (Phi) is 2.90. The molecular formula is C13H7ClF3N3. The number of nitrogens with zero attached hydrogens (tertiary/aromatic N) is 3. The van der Waals surface area contributed by atoms with Gasteiger partial charge in [-0.3, -0.25) is 4.40 Å². The summed E-state index contributed by atoms with van der Waals surface area (Å²) in [5.41, 5.74) is 0.387. The molecule has 0 unspecified atom stereocenters. The second-order valence-electron chi connectivity index (χ2n) is 4.17. The van der Waals surface area contributed by atoms with Crippen LogP contribution >= 0.6 is 11.6 Å². The molecule has 0 fully saturated rings. The highest BCUT2D eigenvalue weighted by Gasteiger charge is 2.30. The Bertz CT molecular complexity index is 763. The predicted octanol–water partition coefficient (Wildman–Crippen LogP) is 4.07. The smallest absolute Gasteiger partial charge is 0.282 e. The molecule has 7 heteroatoms. The van der Waals surface area contributed by atoms with Gasteiger partial charge >= 0.3 is 6.18 Å². The molecule has 2 heterocycles. The van der Waals surface area contributed by atoms with Gasteiger partial charge in [0.15, 0.2) is 11.5 Å². The van der Waals surface area contributed by atoms with Crippen LogP contribution in [0.4, 0.5) is 13.2 Å². The first kappa shape index (κ1) is 12.9. The van der Waals surface area contributed by atoms with Crippen molar-refractivity contribution < 1.29 is 13.2 Å². The van der Waals surface area contributed by atoms with Crippen molar-refractivity contribution >= 4 is 17.2 Å². The van der Waals surface area contributed by atoms with Crippen LogP contribution in [-0.2, 0) is 6.18 Å². The number of rotatable bonds is 1. The van der Waals surface area contributed by atoms with E-state index in [1.165, 1.54) is 12.1 Å². The number of pyridine rings is 1. The van der Waals surface area contributed by atoms with E-state index in [1.807, 2.05) is 0 Å². The van der Waals surface area contributed by atoms with Crippen LogP contribution in [0.3, 0.4) is 0 Å². The maximum atomic E-state index is 12.5. The van der Waals surface area contributed by atoms with Crippen molar-refractivity contribution in [1.29, 1.82) is 0 Å². The summed E-state index contributed by atoms with van der Waals surface area (Å²) in [7, 11) is 0. The summed E-state index contributed by atoms with van der Waals surface area (Å²) in [5.74, 6) is 0.463. The fourth-order valence-electron chi connectivity index (χ4n) is 1.87. The minimum absolute atomic E-state index is 0.463. The zero-order valence-electron chi connectivity index (χ0n) is 9.89. The Labute approximate surface area is 116 Å². The van der Waals surface area contributed by atoms with Gasteiger partial charge in [-0.05, 0) is 18.2 Å². The topological polar surface area (TPSA) is 30.2 Å². The third-order valence-electron chi connectivity index (χ3n) is 2.84. The standard InChI is InChI=1S/C13H7ClF3N3/c14-10-5-6-20-11(7-10)18-19-12(20)8-1-3-9(4-2-8)13(15,16)17/h1-7H. The highest BCUT2D eigenvalue weighted by molar-refractivity contribution is 6.30. The molecule has 0 spiro atoms. The Balaban J connectivity index is 2.07. The molecule has 102 valence electrons. The van der Waals surface area contributed by atoms with Crippen molar-refractivity contribution in [1.82, 2.24) is 14.6 Å². The average molecular weight is 298 g/mol. The van der Waals surface area contributed by atoms with Crippen LogP contribution in [0.1, 0.15) is 5.56 Å². The van der Waals surface area contributed by atoms with Gasteiger partial charge in [0.25, 0.3) is 0 Å². The Hall–Kier alpha value is -2.08. The minimum atomic E-state index is -4.35. The summed E-state index contributed by atoms with van der Waals surface area (Å²) in [6.45, 7) is 0. The lowest BCUT2D eigenvalue weighted by atomic mass is 10.1. The number of hydrogen-bond acceptors (Lipinski definition) is 2. The van der Waals surface area contributed by atoms with Crippen molar-refractivity contribution in [3.05, 3.63) is 53.2 Å². The summed E-state index contributed by atoms with van der Waals surface area (Å²) < 4.78 is 39.2. The second kappa shape index (κ2) is 4.49. The van der Waals surface area contributed by atoms with Gasteiger partial charge in [-0.1, -0.05) is 23.7 Å². The number of alkyl halides is 3. The molecule has 1 aromatic carbocycles. The summed E-state index contributed by atoms with van der Waals surface area (Å²) in [6, 6.07) is 8.06. The first-order chi connectivity index (χ1) is 9.45. The molecule has 0 bridgehead atoms. The van der Waals surface area contributed by atoms with Crippen molar-refractivity contribution in [3.8, 4) is 11.4 Å². The van der Waals surface area contributed by atoms with E-state index >= 15 is 0 Å². The number of hydrogen-bond donors (Lipinski definition) is 0. The van der Waals surface area contributed by atoms with Gasteiger partial charge in [-0.15, -0.1) is 10.2 Å². The van der Waals surface area contributed by atoms with Gasteiger partial charge in [0.05, 0.1) is 5.56 Å². The highest BCUT2D eigenvalue weighted by atomic mass is 35.5. The van der Waals surface area contributed by atoms with E-state index in [4.69, 9.17) is 11.6 Å². The van der Waals surface area contributed by atoms with Crippen LogP contribution in [0.25, 0.3) is 17.0 Å². The largest absolute Gasteiger partial charge is 0.416 e. The average Bonchev–Trinajstić information content (AvgIpc) is 2.80. The van der Waals surface area contributed by atoms with Crippen molar-refractivity contribution in [2.75, 3.05) is 0 Å². The molecule has 0 aliphatic rings. The molecule has 3 nitrogen and oxygen atoms in total. The van der Waals surface area contributed by atoms with Gasteiger partial charge in [-0.25, -0.2) is 0 Å². The summed E-state index contributed by atoms with van der Waals surface area (Å²) in [6.07, 6.45) is -2.68. The van der Waals surface area contributed by atoms with Gasteiger partial charge in [0.1, 0.15) is 0 Å². The molecular weight excluding hydrogens is 291 g/mol. The Morgan fingerprint density at radius 2 is 1.70 bits per heavy atom. The highest BCUT2D eigenvalue weighted by Crippen LogP contribution is 2.30. The number of halogens is 4. The van der Waals surface area contributed by atoms with Crippen LogP contribution in [0.5, 0.6) is 0 Å². The third kappa shape index (κ3) is 2.22. The van der Waals surface area contributed by atoms with Crippen molar-refractivity contribution in [2.45, 2.75) is 6.18 Å². The quantitative estimate of drug-likeness (QED) is 0.678. The Morgan fingerprint density at radius 1 is 1.00 bits per heavy atom. The number of fused-ring (bicyclic) bond motifs is 1. The van der Waals surface area contributed by atoms with Gasteiger partial charge in [0.2, 0.25) is 0 Å². The van der Waals surface area contributed by atoms with E-state index in [9.17, 15) is 13.2 Å². The van der Waals surface area contributed by atoms with E-state index in [-0.39, 0.29) is 0 Å². The first-order valence-corrected chi connectivity index (χ1v) is 6.01. The molecule has 0 aliphatic heterocycles. The van der Waals surface area contributed by atoms with Gasteiger partial charge < -0.3 is 0 Å². The number of benzene rings is 1. The first-order valence-electron chi connectivity index (χ1n) is 5.63. The molecule has 3 rings (SSSR count).